The molecule has 1 atom stereocenters. The Labute approximate surface area is 176 Å². The summed E-state index contributed by atoms with van der Waals surface area (Å²) in [6.07, 6.45) is 8.22. The van der Waals surface area contributed by atoms with Crippen LogP contribution < -0.4 is 15.8 Å². The number of nitro groups is 1. The van der Waals surface area contributed by atoms with Crippen LogP contribution >= 0.6 is 0 Å². The summed E-state index contributed by atoms with van der Waals surface area (Å²) in [5.41, 5.74) is 4.73. The lowest BCUT2D eigenvalue weighted by Crippen LogP contribution is -2.49. The first-order valence-corrected chi connectivity index (χ1v) is 10.5. The van der Waals surface area contributed by atoms with E-state index in [9.17, 15) is 20.0 Å². The molecule has 3 rings (SSSR count). The molecule has 1 saturated heterocycles. The number of nitrogens with zero attached hydrogens (tertiary/aromatic N) is 2. The quantitative estimate of drug-likeness (QED) is 0.268. The molecule has 0 bridgehead atoms. The summed E-state index contributed by atoms with van der Waals surface area (Å²) in [6, 6.07) is 2.46. The predicted octanol–water partition coefficient (Wildman–Crippen LogP) is 2.24. The molecule has 1 heterocycles. The Hall–Kier alpha value is -2.65. The molecule has 1 fully saturated rings. The molecule has 1 unspecified atom stereocenters. The van der Waals surface area contributed by atoms with Crippen LogP contribution in [0.1, 0.15) is 49.4 Å². The van der Waals surface area contributed by atoms with Crippen LogP contribution in [0.4, 0.5) is 11.4 Å². The topological polar surface area (TPSA) is 131 Å². The molecule has 9 heteroatoms. The number of β-amino-alcohol motifs (C(OH)–C–C–N with tert-alkyl or cyclic N) is 1. The van der Waals surface area contributed by atoms with Crippen LogP contribution in [0.15, 0.2) is 24.3 Å². The molecule has 0 saturated carbocycles. The SMILES string of the molecule is CCOc1cc(N)c([N+](=O)[O-])cc1C(=O)NC1CCN(CC2(O)C=CCCC2)CC1. The van der Waals surface area contributed by atoms with Gasteiger partial charge in [0.2, 0.25) is 0 Å². The minimum atomic E-state index is -0.760. The van der Waals surface area contributed by atoms with Crippen molar-refractivity contribution >= 4 is 17.3 Å². The number of carbonyl (C=O) groups excluding carboxylic acids is 1. The Morgan fingerprint density at radius 1 is 1.43 bits per heavy atom. The van der Waals surface area contributed by atoms with Gasteiger partial charge >= 0.3 is 0 Å². The number of amides is 1. The summed E-state index contributed by atoms with van der Waals surface area (Å²) >= 11 is 0. The lowest BCUT2D eigenvalue weighted by molar-refractivity contribution is -0.383. The second-order valence-electron chi connectivity index (χ2n) is 8.02. The number of allylic oxidation sites excluding steroid dienone is 1. The van der Waals surface area contributed by atoms with Crippen LogP contribution in [-0.2, 0) is 0 Å². The fourth-order valence-corrected chi connectivity index (χ4v) is 4.12. The van der Waals surface area contributed by atoms with Crippen LogP contribution in [0.25, 0.3) is 0 Å². The summed E-state index contributed by atoms with van der Waals surface area (Å²) in [6.45, 7) is 4.21. The van der Waals surface area contributed by atoms with Gasteiger partial charge in [0.15, 0.2) is 0 Å². The molecule has 2 aliphatic rings. The predicted molar refractivity (Wildman–Crippen MR) is 114 cm³/mol. The number of nitro benzene ring substituents is 1. The maximum absolute atomic E-state index is 12.8. The maximum atomic E-state index is 12.8. The molecular weight excluding hydrogens is 388 g/mol. The fraction of sp³-hybridized carbons (Fsp3) is 0.571. The van der Waals surface area contributed by atoms with E-state index >= 15 is 0 Å². The van der Waals surface area contributed by atoms with Crippen molar-refractivity contribution in [2.75, 3.05) is 32.0 Å². The van der Waals surface area contributed by atoms with Crippen molar-refractivity contribution in [2.45, 2.75) is 50.7 Å². The molecule has 30 heavy (non-hydrogen) atoms. The standard InChI is InChI=1S/C21H30N4O5/c1-2-30-19-13-17(22)18(25(28)29)12-16(19)20(26)23-15-6-10-24(11-7-15)14-21(27)8-4-3-5-9-21/h4,8,12-13,15,27H,2-3,5-7,9-11,14,22H2,1H3,(H,23,26). The smallest absolute Gasteiger partial charge is 0.293 e. The third kappa shape index (κ3) is 5.28. The van der Waals surface area contributed by atoms with E-state index in [1.54, 1.807) is 6.92 Å². The Morgan fingerprint density at radius 3 is 2.77 bits per heavy atom. The summed E-state index contributed by atoms with van der Waals surface area (Å²) < 4.78 is 5.47. The number of piperidine rings is 1. The number of nitrogen functional groups attached to an aromatic ring is 1. The van der Waals surface area contributed by atoms with Gasteiger partial charge < -0.3 is 20.9 Å². The monoisotopic (exact) mass is 418 g/mol. The summed E-state index contributed by atoms with van der Waals surface area (Å²) in [7, 11) is 0. The van der Waals surface area contributed by atoms with E-state index in [1.807, 2.05) is 12.2 Å². The number of aliphatic hydroxyl groups is 1. The van der Waals surface area contributed by atoms with Crippen molar-refractivity contribution in [2.24, 2.45) is 0 Å². The molecule has 0 aromatic heterocycles. The average Bonchev–Trinajstić information content (AvgIpc) is 2.70. The number of hydrogen-bond acceptors (Lipinski definition) is 7. The first-order valence-electron chi connectivity index (χ1n) is 10.5. The van der Waals surface area contributed by atoms with E-state index in [0.717, 1.165) is 45.2 Å². The number of nitrogens with two attached hydrogens (primary N) is 1. The van der Waals surface area contributed by atoms with E-state index in [4.69, 9.17) is 10.5 Å². The summed E-state index contributed by atoms with van der Waals surface area (Å²) in [4.78, 5) is 25.6. The zero-order valence-corrected chi connectivity index (χ0v) is 17.3. The van der Waals surface area contributed by atoms with Crippen LogP contribution in [0.5, 0.6) is 5.75 Å². The largest absolute Gasteiger partial charge is 0.493 e. The van der Waals surface area contributed by atoms with Gasteiger partial charge in [-0.1, -0.05) is 12.2 Å². The third-order valence-electron chi connectivity index (χ3n) is 5.70. The number of carbonyl (C=O) groups is 1. The molecule has 164 valence electrons. The second-order valence-corrected chi connectivity index (χ2v) is 8.02. The summed E-state index contributed by atoms with van der Waals surface area (Å²) in [5, 5.41) is 24.9. The summed E-state index contributed by atoms with van der Waals surface area (Å²) in [5.74, 6) is -0.171. The van der Waals surface area contributed by atoms with Crippen molar-refractivity contribution in [1.29, 1.82) is 0 Å². The highest BCUT2D eigenvalue weighted by atomic mass is 16.6. The van der Waals surface area contributed by atoms with Gasteiger partial charge in [-0.3, -0.25) is 19.8 Å². The molecule has 0 spiro atoms. The molecule has 1 aliphatic carbocycles. The minimum Gasteiger partial charge on any atom is -0.493 e. The van der Waals surface area contributed by atoms with Gasteiger partial charge in [0.05, 0.1) is 22.7 Å². The van der Waals surface area contributed by atoms with Gasteiger partial charge in [-0.15, -0.1) is 0 Å². The third-order valence-corrected chi connectivity index (χ3v) is 5.70. The van der Waals surface area contributed by atoms with Crippen LogP contribution in [0, 0.1) is 10.1 Å². The number of anilines is 1. The van der Waals surface area contributed by atoms with Crippen molar-refractivity contribution < 1.29 is 19.6 Å². The molecule has 1 aromatic rings. The van der Waals surface area contributed by atoms with Crippen LogP contribution in [0.3, 0.4) is 0 Å². The van der Waals surface area contributed by atoms with Crippen molar-refractivity contribution in [1.82, 2.24) is 10.2 Å². The molecule has 1 amide bonds. The normalized spacial score (nSPS) is 22.6. The zero-order chi connectivity index (χ0) is 21.7. The van der Waals surface area contributed by atoms with Gasteiger partial charge in [-0.05, 0) is 39.0 Å². The Bertz CT molecular complexity index is 820. The first kappa shape index (κ1) is 22.0. The van der Waals surface area contributed by atoms with E-state index in [0.29, 0.717) is 13.2 Å². The van der Waals surface area contributed by atoms with Gasteiger partial charge in [-0.2, -0.15) is 0 Å². The zero-order valence-electron chi connectivity index (χ0n) is 17.3. The maximum Gasteiger partial charge on any atom is 0.293 e. The molecular formula is C21H30N4O5. The number of likely N-dealkylation sites (tertiary alicyclic amines) is 1. The Morgan fingerprint density at radius 2 is 2.17 bits per heavy atom. The molecule has 0 radical (unpaired) electrons. The van der Waals surface area contributed by atoms with E-state index < -0.39 is 16.4 Å². The minimum absolute atomic E-state index is 0.0389. The van der Waals surface area contributed by atoms with Gasteiger partial charge in [0, 0.05) is 37.8 Å². The van der Waals surface area contributed by atoms with Crippen LogP contribution in [-0.4, -0.2) is 58.7 Å². The Balaban J connectivity index is 1.61. The second kappa shape index (κ2) is 9.44. The lowest BCUT2D eigenvalue weighted by Gasteiger charge is -2.38. The number of nitrogens with one attached hydrogen (secondary N) is 1. The molecule has 9 nitrogen and oxygen atoms in total. The van der Waals surface area contributed by atoms with E-state index in [2.05, 4.69) is 10.2 Å². The van der Waals surface area contributed by atoms with Gasteiger partial charge in [0.25, 0.3) is 11.6 Å². The van der Waals surface area contributed by atoms with Gasteiger partial charge in [0.1, 0.15) is 11.4 Å². The highest BCUT2D eigenvalue weighted by Gasteiger charge is 2.31. The molecule has 1 aromatic carbocycles. The van der Waals surface area contributed by atoms with E-state index in [-0.39, 0.29) is 28.7 Å². The lowest BCUT2D eigenvalue weighted by atomic mass is 9.90. The van der Waals surface area contributed by atoms with Crippen molar-refractivity contribution in [3.8, 4) is 5.75 Å². The number of ether oxygens (including phenoxy) is 1. The van der Waals surface area contributed by atoms with Gasteiger partial charge in [-0.25, -0.2) is 0 Å². The highest BCUT2D eigenvalue weighted by Crippen LogP contribution is 2.31. The fourth-order valence-electron chi connectivity index (χ4n) is 4.12. The Kier molecular flexibility index (Phi) is 6.94. The average molecular weight is 418 g/mol. The first-order chi connectivity index (χ1) is 14.3. The van der Waals surface area contributed by atoms with Crippen LogP contribution in [0.2, 0.25) is 0 Å². The molecule has 4 N–H and O–H groups in total. The highest BCUT2D eigenvalue weighted by molar-refractivity contribution is 5.98. The number of rotatable bonds is 7. The molecule has 1 aliphatic heterocycles. The van der Waals surface area contributed by atoms with E-state index in [1.165, 1.54) is 12.1 Å². The number of benzene rings is 1. The number of hydrogen-bond donors (Lipinski definition) is 3. The van der Waals surface area contributed by atoms with Crippen molar-refractivity contribution in [3.05, 3.63) is 40.0 Å². The van der Waals surface area contributed by atoms with Crippen molar-refractivity contribution in [3.63, 3.8) is 0 Å².